The zero-order valence-electron chi connectivity index (χ0n) is 10.3. The van der Waals surface area contributed by atoms with Crippen LogP contribution in [0.25, 0.3) is 0 Å². The third-order valence-electron chi connectivity index (χ3n) is 1.81. The summed E-state index contributed by atoms with van der Waals surface area (Å²) in [6.45, 7) is 5.87. The molecule has 4 heteroatoms. The first-order valence-corrected chi connectivity index (χ1v) is 6.26. The van der Waals surface area contributed by atoms with Crippen molar-refractivity contribution >= 4 is 21.9 Å². The van der Waals surface area contributed by atoms with E-state index in [4.69, 9.17) is 9.47 Å². The predicted octanol–water partition coefficient (Wildman–Crippen LogP) is 3.56. The van der Waals surface area contributed by atoms with Crippen molar-refractivity contribution in [3.8, 4) is 5.75 Å². The molecule has 3 nitrogen and oxygen atoms in total. The Morgan fingerprint density at radius 3 is 2.35 bits per heavy atom. The molecule has 0 spiro atoms. The molecule has 0 aromatic heterocycles. The molecule has 0 aliphatic heterocycles. The minimum atomic E-state index is -0.436. The van der Waals surface area contributed by atoms with Gasteiger partial charge in [0.2, 0.25) is 0 Å². The average Bonchev–Trinajstić information content (AvgIpc) is 2.18. The number of carbonyl (C=O) groups excluding carboxylic acids is 1. The van der Waals surface area contributed by atoms with Crippen LogP contribution in [-0.4, -0.2) is 18.2 Å². The second-order valence-electron chi connectivity index (χ2n) is 4.64. The predicted molar refractivity (Wildman–Crippen MR) is 70.1 cm³/mol. The van der Waals surface area contributed by atoms with E-state index in [0.717, 1.165) is 10.2 Å². The van der Waals surface area contributed by atoms with Crippen LogP contribution in [0.1, 0.15) is 27.2 Å². The van der Waals surface area contributed by atoms with Crippen molar-refractivity contribution in [3.05, 3.63) is 28.7 Å². The normalized spacial score (nSPS) is 11.1. The number of halogens is 1. The highest BCUT2D eigenvalue weighted by molar-refractivity contribution is 9.10. The summed E-state index contributed by atoms with van der Waals surface area (Å²) in [5, 5.41) is 0. The van der Waals surface area contributed by atoms with Crippen LogP contribution in [-0.2, 0) is 9.53 Å². The number of hydrogen-bond donors (Lipinski definition) is 0. The molecule has 0 heterocycles. The first kappa shape index (κ1) is 14.0. The molecule has 0 atom stereocenters. The van der Waals surface area contributed by atoms with Crippen molar-refractivity contribution in [3.63, 3.8) is 0 Å². The molecule has 0 unspecified atom stereocenters. The Bertz CT molecular complexity index is 365. The maximum Gasteiger partial charge on any atom is 0.309 e. The van der Waals surface area contributed by atoms with Gasteiger partial charge in [-0.2, -0.15) is 0 Å². The molecule has 0 aliphatic rings. The molecule has 1 rings (SSSR count). The summed E-state index contributed by atoms with van der Waals surface area (Å²) in [7, 11) is 0. The summed E-state index contributed by atoms with van der Waals surface area (Å²) >= 11 is 3.34. The van der Waals surface area contributed by atoms with E-state index in [1.54, 1.807) is 0 Å². The van der Waals surface area contributed by atoms with Gasteiger partial charge < -0.3 is 9.47 Å². The zero-order valence-corrected chi connectivity index (χ0v) is 11.9. The van der Waals surface area contributed by atoms with Gasteiger partial charge >= 0.3 is 5.97 Å². The van der Waals surface area contributed by atoms with Gasteiger partial charge in [-0.15, -0.1) is 0 Å². The summed E-state index contributed by atoms with van der Waals surface area (Å²) in [6, 6.07) is 7.48. The van der Waals surface area contributed by atoms with Gasteiger partial charge in [0.1, 0.15) is 11.4 Å². The summed E-state index contributed by atoms with van der Waals surface area (Å²) in [5.74, 6) is 0.506. The molecule has 1 aromatic carbocycles. The minimum absolute atomic E-state index is 0.241. The molecule has 0 aliphatic carbocycles. The van der Waals surface area contributed by atoms with Crippen molar-refractivity contribution in [2.24, 2.45) is 0 Å². The maximum absolute atomic E-state index is 11.4. The maximum atomic E-state index is 11.4. The largest absolute Gasteiger partial charge is 0.493 e. The van der Waals surface area contributed by atoms with E-state index >= 15 is 0 Å². The Hall–Kier alpha value is -1.03. The SMILES string of the molecule is CC(C)(C)OC(=O)CCOc1ccc(Br)cc1. The van der Waals surface area contributed by atoms with E-state index < -0.39 is 5.60 Å². The Kier molecular flexibility index (Phi) is 5.00. The molecular formula is C13H17BrO3. The molecule has 0 bridgehead atoms. The molecular weight excluding hydrogens is 284 g/mol. The molecule has 94 valence electrons. The first-order valence-electron chi connectivity index (χ1n) is 5.47. The molecule has 0 saturated heterocycles. The summed E-state index contributed by atoms with van der Waals surface area (Å²) in [5.41, 5.74) is -0.436. The summed E-state index contributed by atoms with van der Waals surface area (Å²) in [6.07, 6.45) is 0.257. The second-order valence-corrected chi connectivity index (χ2v) is 5.55. The number of benzene rings is 1. The van der Waals surface area contributed by atoms with Crippen molar-refractivity contribution in [1.29, 1.82) is 0 Å². The number of carbonyl (C=O) groups is 1. The lowest BCUT2D eigenvalue weighted by Gasteiger charge is -2.19. The van der Waals surface area contributed by atoms with E-state index in [1.807, 2.05) is 45.0 Å². The van der Waals surface area contributed by atoms with Gasteiger partial charge in [-0.3, -0.25) is 4.79 Å². The fourth-order valence-corrected chi connectivity index (χ4v) is 1.44. The van der Waals surface area contributed by atoms with Gasteiger partial charge in [-0.1, -0.05) is 15.9 Å². The Balaban J connectivity index is 2.28. The van der Waals surface area contributed by atoms with Crippen LogP contribution in [0, 0.1) is 0 Å². The lowest BCUT2D eigenvalue weighted by atomic mass is 10.2. The van der Waals surface area contributed by atoms with Crippen LogP contribution >= 0.6 is 15.9 Å². The van der Waals surface area contributed by atoms with E-state index in [9.17, 15) is 4.79 Å². The van der Waals surface area contributed by atoms with Gasteiger partial charge in [-0.05, 0) is 45.0 Å². The zero-order chi connectivity index (χ0) is 12.9. The van der Waals surface area contributed by atoms with Gasteiger partial charge in [0.25, 0.3) is 0 Å². The number of rotatable bonds is 4. The molecule has 0 N–H and O–H groups in total. The summed E-state index contributed by atoms with van der Waals surface area (Å²) in [4.78, 5) is 11.4. The fraction of sp³-hybridized carbons (Fsp3) is 0.462. The number of esters is 1. The van der Waals surface area contributed by atoms with Crippen LogP contribution in [0.2, 0.25) is 0 Å². The van der Waals surface area contributed by atoms with E-state index in [2.05, 4.69) is 15.9 Å². The van der Waals surface area contributed by atoms with Crippen molar-refractivity contribution < 1.29 is 14.3 Å². The molecule has 0 fully saturated rings. The van der Waals surface area contributed by atoms with Crippen LogP contribution in [0.3, 0.4) is 0 Å². The standard InChI is InChI=1S/C13H17BrO3/c1-13(2,3)17-12(15)8-9-16-11-6-4-10(14)5-7-11/h4-7H,8-9H2,1-3H3. The van der Waals surface area contributed by atoms with E-state index in [0.29, 0.717) is 6.61 Å². The average molecular weight is 301 g/mol. The van der Waals surface area contributed by atoms with Gasteiger partial charge in [0, 0.05) is 4.47 Å². The van der Waals surface area contributed by atoms with Gasteiger partial charge in [0.15, 0.2) is 0 Å². The molecule has 0 radical (unpaired) electrons. The summed E-state index contributed by atoms with van der Waals surface area (Å²) < 4.78 is 11.6. The highest BCUT2D eigenvalue weighted by Gasteiger charge is 2.15. The lowest BCUT2D eigenvalue weighted by molar-refractivity contribution is -0.155. The number of ether oxygens (including phenoxy) is 2. The van der Waals surface area contributed by atoms with E-state index in [1.165, 1.54) is 0 Å². The highest BCUT2D eigenvalue weighted by Crippen LogP contribution is 2.16. The van der Waals surface area contributed by atoms with Crippen molar-refractivity contribution in [1.82, 2.24) is 0 Å². The third-order valence-corrected chi connectivity index (χ3v) is 2.34. The third kappa shape index (κ3) is 6.31. The monoisotopic (exact) mass is 300 g/mol. The van der Waals surface area contributed by atoms with E-state index in [-0.39, 0.29) is 12.4 Å². The van der Waals surface area contributed by atoms with Crippen molar-refractivity contribution in [2.45, 2.75) is 32.8 Å². The smallest absolute Gasteiger partial charge is 0.309 e. The first-order chi connectivity index (χ1) is 7.87. The van der Waals surface area contributed by atoms with Crippen LogP contribution in [0.4, 0.5) is 0 Å². The Labute approximate surface area is 110 Å². The molecule has 17 heavy (non-hydrogen) atoms. The van der Waals surface area contributed by atoms with Crippen LogP contribution in [0.15, 0.2) is 28.7 Å². The fourth-order valence-electron chi connectivity index (χ4n) is 1.18. The van der Waals surface area contributed by atoms with Crippen molar-refractivity contribution in [2.75, 3.05) is 6.61 Å². The Morgan fingerprint density at radius 1 is 1.24 bits per heavy atom. The second kappa shape index (κ2) is 6.05. The van der Waals surface area contributed by atoms with Crippen LogP contribution < -0.4 is 4.74 Å². The highest BCUT2D eigenvalue weighted by atomic mass is 79.9. The molecule has 0 amide bonds. The number of hydrogen-bond acceptors (Lipinski definition) is 3. The van der Waals surface area contributed by atoms with Gasteiger partial charge in [0.05, 0.1) is 13.0 Å². The molecule has 0 saturated carbocycles. The van der Waals surface area contributed by atoms with Gasteiger partial charge in [-0.25, -0.2) is 0 Å². The quantitative estimate of drug-likeness (QED) is 0.798. The topological polar surface area (TPSA) is 35.5 Å². The minimum Gasteiger partial charge on any atom is -0.493 e. The molecule has 1 aromatic rings. The lowest BCUT2D eigenvalue weighted by Crippen LogP contribution is -2.24. The Morgan fingerprint density at radius 2 is 1.82 bits per heavy atom. The van der Waals surface area contributed by atoms with Crippen LogP contribution in [0.5, 0.6) is 5.75 Å².